The molecule has 1 N–H and O–H groups in total. The molecule has 2 heterocycles. The predicted octanol–water partition coefficient (Wildman–Crippen LogP) is 1.96. The number of aromatic nitrogens is 3. The molecule has 0 saturated heterocycles. The number of aryl methyl sites for hydroxylation is 1. The van der Waals surface area contributed by atoms with E-state index in [4.69, 9.17) is 5.11 Å². The molecule has 0 aliphatic carbocycles. The summed E-state index contributed by atoms with van der Waals surface area (Å²) in [5.41, 5.74) is 0.612. The molecule has 90 valence electrons. The van der Waals surface area contributed by atoms with E-state index in [2.05, 4.69) is 23.3 Å². The molecule has 0 bridgehead atoms. The van der Waals surface area contributed by atoms with E-state index in [0.29, 0.717) is 12.2 Å². The van der Waals surface area contributed by atoms with E-state index in [9.17, 15) is 4.79 Å². The molecule has 2 rings (SSSR count). The van der Waals surface area contributed by atoms with Crippen LogP contribution in [-0.4, -0.2) is 26.1 Å². The fourth-order valence-electron chi connectivity index (χ4n) is 1.55. The Morgan fingerprint density at radius 2 is 2.18 bits per heavy atom. The second-order valence-electron chi connectivity index (χ2n) is 3.71. The molecule has 0 aromatic carbocycles. The first kappa shape index (κ1) is 11.8. The van der Waals surface area contributed by atoms with Gasteiger partial charge in [-0.1, -0.05) is 12.1 Å². The quantitative estimate of drug-likeness (QED) is 0.901. The van der Waals surface area contributed by atoms with Gasteiger partial charge < -0.3 is 5.11 Å². The Balaban J connectivity index is 2.21. The van der Waals surface area contributed by atoms with E-state index < -0.39 is 5.97 Å². The lowest BCUT2D eigenvalue weighted by molar-refractivity contribution is 0.0689. The highest BCUT2D eigenvalue weighted by Gasteiger charge is 2.15. The normalized spacial score (nSPS) is 10.7. The minimum atomic E-state index is -1.03. The van der Waals surface area contributed by atoms with Gasteiger partial charge in [0.25, 0.3) is 0 Å². The lowest BCUT2D eigenvalue weighted by atomic mass is 10.3. The Bertz CT molecular complexity index is 545. The molecule has 0 aliphatic heterocycles. The zero-order chi connectivity index (χ0) is 12.4. The third-order valence-electron chi connectivity index (χ3n) is 2.56. The molecular weight excluding hydrogens is 238 g/mol. The van der Waals surface area contributed by atoms with Crippen molar-refractivity contribution >= 4 is 17.3 Å². The number of carboxylic acids is 1. The molecular formula is C11H13N3O2S. The topological polar surface area (TPSA) is 68.0 Å². The Hall–Kier alpha value is -1.69. The number of carbonyl (C=O) groups is 1. The Labute approximate surface area is 103 Å². The smallest absolute Gasteiger partial charge is 0.358 e. The number of carboxylic acid groups (broad SMARTS) is 1. The second kappa shape index (κ2) is 4.67. The largest absolute Gasteiger partial charge is 0.476 e. The van der Waals surface area contributed by atoms with Crippen LogP contribution in [0.2, 0.25) is 0 Å². The second-order valence-corrected chi connectivity index (χ2v) is 4.96. The van der Waals surface area contributed by atoms with Gasteiger partial charge in [-0.25, -0.2) is 9.48 Å². The summed E-state index contributed by atoms with van der Waals surface area (Å²) in [6.45, 7) is 4.41. The van der Waals surface area contributed by atoms with Crippen molar-refractivity contribution < 1.29 is 9.90 Å². The molecule has 6 heteroatoms. The maximum absolute atomic E-state index is 10.8. The van der Waals surface area contributed by atoms with Crippen LogP contribution in [0.5, 0.6) is 0 Å². The summed E-state index contributed by atoms with van der Waals surface area (Å²) < 4.78 is 1.62. The maximum Gasteiger partial charge on any atom is 0.358 e. The Kier molecular flexibility index (Phi) is 3.23. The molecule has 5 nitrogen and oxygen atoms in total. The van der Waals surface area contributed by atoms with Gasteiger partial charge >= 0.3 is 5.97 Å². The van der Waals surface area contributed by atoms with Gasteiger partial charge in [0.15, 0.2) is 5.69 Å². The Morgan fingerprint density at radius 1 is 1.47 bits per heavy atom. The number of aromatic carboxylic acids is 1. The summed E-state index contributed by atoms with van der Waals surface area (Å²) in [4.78, 5) is 13.3. The van der Waals surface area contributed by atoms with E-state index in [-0.39, 0.29) is 5.69 Å². The number of nitrogens with zero attached hydrogens (tertiary/aromatic N) is 3. The predicted molar refractivity (Wildman–Crippen MR) is 64.5 cm³/mol. The molecule has 0 radical (unpaired) electrons. The van der Waals surface area contributed by atoms with Crippen LogP contribution in [0.25, 0.3) is 0 Å². The monoisotopic (exact) mass is 251 g/mol. The lowest BCUT2D eigenvalue weighted by Gasteiger charge is -2.00. The summed E-state index contributed by atoms with van der Waals surface area (Å²) in [6.07, 6.45) is 1.02. The summed E-state index contributed by atoms with van der Waals surface area (Å²) in [7, 11) is 0. The van der Waals surface area contributed by atoms with Crippen LogP contribution < -0.4 is 0 Å². The minimum absolute atomic E-state index is 0.0253. The summed E-state index contributed by atoms with van der Waals surface area (Å²) in [5.74, 6) is -1.03. The van der Waals surface area contributed by atoms with Gasteiger partial charge in [0.05, 0.1) is 12.2 Å². The van der Waals surface area contributed by atoms with Gasteiger partial charge in [-0.05, 0) is 25.5 Å². The lowest BCUT2D eigenvalue weighted by Crippen LogP contribution is -2.04. The van der Waals surface area contributed by atoms with Gasteiger partial charge in [-0.3, -0.25) is 0 Å². The van der Waals surface area contributed by atoms with Crippen molar-refractivity contribution in [3.05, 3.63) is 33.3 Å². The van der Waals surface area contributed by atoms with Gasteiger partial charge in [-0.15, -0.1) is 16.4 Å². The first-order valence-electron chi connectivity index (χ1n) is 5.32. The van der Waals surface area contributed by atoms with Crippen molar-refractivity contribution in [1.29, 1.82) is 0 Å². The zero-order valence-electron chi connectivity index (χ0n) is 9.67. The highest BCUT2D eigenvalue weighted by atomic mass is 32.1. The molecule has 0 saturated carbocycles. The molecule has 0 unspecified atom stereocenters. The minimum Gasteiger partial charge on any atom is -0.476 e. The zero-order valence-corrected chi connectivity index (χ0v) is 10.5. The molecule has 0 fully saturated rings. The van der Waals surface area contributed by atoms with Crippen LogP contribution >= 0.6 is 11.3 Å². The highest BCUT2D eigenvalue weighted by molar-refractivity contribution is 7.11. The Morgan fingerprint density at radius 3 is 2.71 bits per heavy atom. The molecule has 0 spiro atoms. The van der Waals surface area contributed by atoms with Crippen LogP contribution in [0.3, 0.4) is 0 Å². The van der Waals surface area contributed by atoms with Crippen molar-refractivity contribution in [2.45, 2.75) is 26.8 Å². The van der Waals surface area contributed by atoms with E-state index in [1.54, 1.807) is 22.9 Å². The van der Waals surface area contributed by atoms with Crippen molar-refractivity contribution in [3.63, 3.8) is 0 Å². The fraction of sp³-hybridized carbons (Fsp3) is 0.364. The van der Waals surface area contributed by atoms with Crippen molar-refractivity contribution in [2.75, 3.05) is 0 Å². The number of hydrogen-bond donors (Lipinski definition) is 1. The van der Waals surface area contributed by atoms with Crippen LogP contribution in [0, 0.1) is 6.92 Å². The van der Waals surface area contributed by atoms with E-state index in [1.165, 1.54) is 4.88 Å². The van der Waals surface area contributed by atoms with Gasteiger partial charge in [0, 0.05) is 9.75 Å². The molecule has 2 aromatic rings. The number of rotatable bonds is 4. The van der Waals surface area contributed by atoms with E-state index >= 15 is 0 Å². The number of hydrogen-bond acceptors (Lipinski definition) is 4. The molecule has 0 amide bonds. The van der Waals surface area contributed by atoms with Crippen molar-refractivity contribution in [3.8, 4) is 0 Å². The maximum atomic E-state index is 10.8. The van der Waals surface area contributed by atoms with Gasteiger partial charge in [0.2, 0.25) is 0 Å². The number of thiophene rings is 1. The van der Waals surface area contributed by atoms with E-state index in [1.807, 2.05) is 6.07 Å². The first-order chi connectivity index (χ1) is 8.11. The van der Waals surface area contributed by atoms with E-state index in [0.717, 1.165) is 11.3 Å². The highest BCUT2D eigenvalue weighted by Crippen LogP contribution is 2.18. The van der Waals surface area contributed by atoms with Gasteiger partial charge in [0.1, 0.15) is 0 Å². The summed E-state index contributed by atoms with van der Waals surface area (Å²) >= 11 is 1.72. The SMILES string of the molecule is CCc1ccc(Cn2nnc(C(=O)O)c2C)s1. The molecule has 2 aromatic heterocycles. The van der Waals surface area contributed by atoms with Crippen LogP contribution in [0.4, 0.5) is 0 Å². The molecule has 0 atom stereocenters. The third kappa shape index (κ3) is 2.36. The molecule has 17 heavy (non-hydrogen) atoms. The summed E-state index contributed by atoms with van der Waals surface area (Å²) in [5, 5.41) is 16.4. The standard InChI is InChI=1S/C11H13N3O2S/c1-3-8-4-5-9(17-8)6-14-7(2)10(11(15)16)12-13-14/h4-5H,3,6H2,1-2H3,(H,15,16). The summed E-state index contributed by atoms with van der Waals surface area (Å²) in [6, 6.07) is 4.13. The molecule has 0 aliphatic rings. The average molecular weight is 251 g/mol. The van der Waals surface area contributed by atoms with Crippen molar-refractivity contribution in [2.24, 2.45) is 0 Å². The van der Waals surface area contributed by atoms with Crippen LogP contribution in [-0.2, 0) is 13.0 Å². The fourth-order valence-corrected chi connectivity index (χ4v) is 2.49. The van der Waals surface area contributed by atoms with Crippen LogP contribution in [0.1, 0.15) is 32.9 Å². The van der Waals surface area contributed by atoms with Crippen molar-refractivity contribution in [1.82, 2.24) is 15.0 Å². The van der Waals surface area contributed by atoms with Crippen LogP contribution in [0.15, 0.2) is 12.1 Å². The third-order valence-corrected chi connectivity index (χ3v) is 3.77. The first-order valence-corrected chi connectivity index (χ1v) is 6.14. The average Bonchev–Trinajstić information content (AvgIpc) is 2.87. The van der Waals surface area contributed by atoms with Gasteiger partial charge in [-0.2, -0.15) is 0 Å².